The summed E-state index contributed by atoms with van der Waals surface area (Å²) in [7, 11) is 0. The van der Waals surface area contributed by atoms with Crippen LogP contribution < -0.4 is 5.32 Å². The van der Waals surface area contributed by atoms with Crippen molar-refractivity contribution in [2.45, 2.75) is 46.6 Å². The highest BCUT2D eigenvalue weighted by Gasteiger charge is 2.08. The number of hydrogen-bond acceptors (Lipinski definition) is 2. The Labute approximate surface area is 93.1 Å². The van der Waals surface area contributed by atoms with Gasteiger partial charge < -0.3 is 9.73 Å². The largest absolute Gasteiger partial charge is 0.468 e. The van der Waals surface area contributed by atoms with Gasteiger partial charge in [-0.15, -0.1) is 0 Å². The van der Waals surface area contributed by atoms with Crippen LogP contribution in [0.4, 0.5) is 0 Å². The molecule has 1 aromatic heterocycles. The number of nitrogens with one attached hydrogen (secondary N) is 1. The minimum atomic E-state index is 0.473. The second-order valence-corrected chi connectivity index (χ2v) is 5.27. The van der Waals surface area contributed by atoms with E-state index in [1.165, 1.54) is 19.3 Å². The Morgan fingerprint density at radius 1 is 1.27 bits per heavy atom. The zero-order valence-electron chi connectivity index (χ0n) is 10.2. The second kappa shape index (κ2) is 5.96. The van der Waals surface area contributed by atoms with Crippen LogP contribution in [0.2, 0.25) is 0 Å². The van der Waals surface area contributed by atoms with E-state index in [9.17, 15) is 0 Å². The van der Waals surface area contributed by atoms with E-state index in [0.717, 1.165) is 18.8 Å². The highest BCUT2D eigenvalue weighted by molar-refractivity contribution is 4.97. The normalized spacial score (nSPS) is 11.9. The van der Waals surface area contributed by atoms with Gasteiger partial charge >= 0.3 is 0 Å². The average molecular weight is 209 g/mol. The van der Waals surface area contributed by atoms with Gasteiger partial charge in [-0.25, -0.2) is 0 Å². The first-order valence-corrected chi connectivity index (χ1v) is 5.81. The van der Waals surface area contributed by atoms with E-state index in [4.69, 9.17) is 4.42 Å². The van der Waals surface area contributed by atoms with E-state index >= 15 is 0 Å². The van der Waals surface area contributed by atoms with Gasteiger partial charge in [0.1, 0.15) is 5.76 Å². The third-order valence-electron chi connectivity index (χ3n) is 2.41. The molecule has 15 heavy (non-hydrogen) atoms. The first kappa shape index (κ1) is 12.3. The van der Waals surface area contributed by atoms with Crippen molar-refractivity contribution in [1.29, 1.82) is 0 Å². The van der Waals surface area contributed by atoms with Crippen LogP contribution in [0.3, 0.4) is 0 Å². The van der Waals surface area contributed by atoms with Crippen molar-refractivity contribution in [1.82, 2.24) is 5.32 Å². The summed E-state index contributed by atoms with van der Waals surface area (Å²) in [6.45, 7) is 8.81. The monoisotopic (exact) mass is 209 g/mol. The lowest BCUT2D eigenvalue weighted by molar-refractivity contribution is 0.357. The average Bonchev–Trinajstić information content (AvgIpc) is 2.61. The van der Waals surface area contributed by atoms with E-state index in [1.54, 1.807) is 6.26 Å². The van der Waals surface area contributed by atoms with Crippen molar-refractivity contribution in [2.75, 3.05) is 6.54 Å². The second-order valence-electron chi connectivity index (χ2n) is 5.27. The lowest BCUT2D eigenvalue weighted by Crippen LogP contribution is -2.15. The standard InChI is InChI=1S/C13H23NO/c1-13(2,3)8-4-5-9-14-11-12-7-6-10-15-12/h6-7,10,14H,4-5,8-9,11H2,1-3H3. The van der Waals surface area contributed by atoms with E-state index < -0.39 is 0 Å². The minimum absolute atomic E-state index is 0.473. The SMILES string of the molecule is CC(C)(C)CCCCNCc1ccco1. The minimum Gasteiger partial charge on any atom is -0.468 e. The van der Waals surface area contributed by atoms with Crippen LogP contribution in [-0.4, -0.2) is 6.54 Å². The van der Waals surface area contributed by atoms with Gasteiger partial charge in [0.05, 0.1) is 12.8 Å². The number of furan rings is 1. The Bertz CT molecular complexity index is 246. The molecule has 2 nitrogen and oxygen atoms in total. The van der Waals surface area contributed by atoms with Crippen LogP contribution in [0, 0.1) is 5.41 Å². The molecule has 0 radical (unpaired) electrons. The highest BCUT2D eigenvalue weighted by atomic mass is 16.3. The van der Waals surface area contributed by atoms with Gasteiger partial charge in [-0.3, -0.25) is 0 Å². The molecule has 0 amide bonds. The number of hydrogen-bond donors (Lipinski definition) is 1. The Hall–Kier alpha value is -0.760. The first-order chi connectivity index (χ1) is 7.08. The summed E-state index contributed by atoms with van der Waals surface area (Å²) in [5.41, 5.74) is 0.473. The van der Waals surface area contributed by atoms with Gasteiger partial charge in [-0.2, -0.15) is 0 Å². The molecule has 0 saturated heterocycles. The van der Waals surface area contributed by atoms with Crippen LogP contribution in [0.1, 0.15) is 45.8 Å². The molecule has 0 unspecified atom stereocenters. The van der Waals surface area contributed by atoms with E-state index in [0.29, 0.717) is 5.41 Å². The van der Waals surface area contributed by atoms with Crippen molar-refractivity contribution < 1.29 is 4.42 Å². The van der Waals surface area contributed by atoms with Crippen molar-refractivity contribution in [3.05, 3.63) is 24.2 Å². The van der Waals surface area contributed by atoms with Gasteiger partial charge in [0.15, 0.2) is 0 Å². The number of unbranched alkanes of at least 4 members (excludes halogenated alkanes) is 1. The fourth-order valence-corrected chi connectivity index (χ4v) is 1.53. The Kier molecular flexibility index (Phi) is 4.89. The van der Waals surface area contributed by atoms with Gasteiger partial charge in [0.2, 0.25) is 0 Å². The third-order valence-corrected chi connectivity index (χ3v) is 2.41. The molecule has 1 N–H and O–H groups in total. The summed E-state index contributed by atoms with van der Waals surface area (Å²) in [6, 6.07) is 3.93. The maximum atomic E-state index is 5.23. The molecule has 0 aliphatic heterocycles. The maximum Gasteiger partial charge on any atom is 0.117 e. The fraction of sp³-hybridized carbons (Fsp3) is 0.692. The summed E-state index contributed by atoms with van der Waals surface area (Å²) >= 11 is 0. The Morgan fingerprint density at radius 3 is 2.67 bits per heavy atom. The van der Waals surface area contributed by atoms with E-state index in [-0.39, 0.29) is 0 Å². The molecule has 0 bridgehead atoms. The quantitative estimate of drug-likeness (QED) is 0.724. The molecular weight excluding hydrogens is 186 g/mol. The lowest BCUT2D eigenvalue weighted by atomic mass is 9.90. The molecular formula is C13H23NO. The summed E-state index contributed by atoms with van der Waals surface area (Å²) < 4.78 is 5.23. The molecule has 1 rings (SSSR count). The summed E-state index contributed by atoms with van der Waals surface area (Å²) in [4.78, 5) is 0. The van der Waals surface area contributed by atoms with Gasteiger partial charge in [-0.05, 0) is 36.9 Å². The highest BCUT2D eigenvalue weighted by Crippen LogP contribution is 2.21. The predicted octanol–water partition coefficient (Wildman–Crippen LogP) is 3.59. The van der Waals surface area contributed by atoms with Crippen LogP contribution in [-0.2, 0) is 6.54 Å². The molecule has 86 valence electrons. The molecule has 0 aliphatic carbocycles. The molecule has 0 saturated carbocycles. The van der Waals surface area contributed by atoms with Crippen LogP contribution in [0.25, 0.3) is 0 Å². The molecule has 1 aromatic rings. The van der Waals surface area contributed by atoms with Crippen LogP contribution in [0.15, 0.2) is 22.8 Å². The van der Waals surface area contributed by atoms with E-state index in [1.807, 2.05) is 12.1 Å². The maximum absolute atomic E-state index is 5.23. The Balaban J connectivity index is 1.94. The zero-order chi connectivity index (χ0) is 11.1. The predicted molar refractivity (Wildman–Crippen MR) is 63.7 cm³/mol. The van der Waals surface area contributed by atoms with Gasteiger partial charge in [0, 0.05) is 0 Å². The molecule has 0 fully saturated rings. The van der Waals surface area contributed by atoms with Crippen molar-refractivity contribution in [3.63, 3.8) is 0 Å². The van der Waals surface area contributed by atoms with Gasteiger partial charge in [-0.1, -0.05) is 27.2 Å². The molecule has 0 atom stereocenters. The molecule has 0 spiro atoms. The van der Waals surface area contributed by atoms with Crippen LogP contribution >= 0.6 is 0 Å². The fourth-order valence-electron chi connectivity index (χ4n) is 1.53. The van der Waals surface area contributed by atoms with Crippen molar-refractivity contribution in [2.24, 2.45) is 5.41 Å². The lowest BCUT2D eigenvalue weighted by Gasteiger charge is -2.17. The molecule has 2 heteroatoms. The summed E-state index contributed by atoms with van der Waals surface area (Å²) in [6.07, 6.45) is 5.57. The molecule has 0 aliphatic rings. The third kappa shape index (κ3) is 6.34. The van der Waals surface area contributed by atoms with Crippen LogP contribution in [0.5, 0.6) is 0 Å². The zero-order valence-corrected chi connectivity index (χ0v) is 10.2. The first-order valence-electron chi connectivity index (χ1n) is 5.81. The molecule has 0 aromatic carbocycles. The van der Waals surface area contributed by atoms with Gasteiger partial charge in [0.25, 0.3) is 0 Å². The Morgan fingerprint density at radius 2 is 2.07 bits per heavy atom. The molecule has 1 heterocycles. The smallest absolute Gasteiger partial charge is 0.117 e. The number of rotatable bonds is 6. The van der Waals surface area contributed by atoms with Crippen molar-refractivity contribution in [3.8, 4) is 0 Å². The summed E-state index contributed by atoms with van der Waals surface area (Å²) in [5, 5.41) is 3.38. The topological polar surface area (TPSA) is 25.2 Å². The van der Waals surface area contributed by atoms with E-state index in [2.05, 4.69) is 26.1 Å². The van der Waals surface area contributed by atoms with Crippen molar-refractivity contribution >= 4 is 0 Å². The summed E-state index contributed by atoms with van der Waals surface area (Å²) in [5.74, 6) is 1.02.